The Hall–Kier alpha value is -4.63. The van der Waals surface area contributed by atoms with Crippen LogP contribution in [0, 0.1) is 13.8 Å². The highest BCUT2D eigenvalue weighted by atomic mass is 32.2. The van der Waals surface area contributed by atoms with Crippen LogP contribution >= 0.6 is 0 Å². The monoisotopic (exact) mass is 655 g/mol. The van der Waals surface area contributed by atoms with Crippen LogP contribution in [0.4, 0.5) is 5.69 Å². The summed E-state index contributed by atoms with van der Waals surface area (Å²) in [5.74, 6) is -0.243. The number of hydrogen-bond donors (Lipinski definition) is 1. The Balaban J connectivity index is 1.80. The standard InChI is InChI=1S/C38H45N3O5S/c1-6-30(5)39-38(43)36(25-31-13-9-8-10-14-31)40(26-32-15-11-12-29(4)24-32)37(42)27-41(33-18-16-28(3)17-19-33)47(44,45)35-22-20-34(21-23-35)46-7-2/h8-24,30,36H,6-7,25-27H2,1-5H3,(H,39,43)/t30-,36+/m1/s1. The Morgan fingerprint density at radius 1 is 0.809 bits per heavy atom. The summed E-state index contributed by atoms with van der Waals surface area (Å²) >= 11 is 0. The van der Waals surface area contributed by atoms with Gasteiger partial charge in [0.1, 0.15) is 18.3 Å². The predicted octanol–water partition coefficient (Wildman–Crippen LogP) is 6.45. The van der Waals surface area contributed by atoms with Crippen molar-refractivity contribution in [1.29, 1.82) is 0 Å². The zero-order chi connectivity index (χ0) is 34.0. The molecule has 0 unspecified atom stereocenters. The molecule has 0 saturated heterocycles. The van der Waals surface area contributed by atoms with E-state index in [1.807, 2.05) is 101 Å². The van der Waals surface area contributed by atoms with Crippen molar-refractivity contribution in [3.63, 3.8) is 0 Å². The fraction of sp³-hybridized carbons (Fsp3) is 0.316. The molecular formula is C38H45N3O5S. The molecule has 0 spiro atoms. The van der Waals surface area contributed by atoms with Gasteiger partial charge in [0.25, 0.3) is 10.0 Å². The van der Waals surface area contributed by atoms with Crippen LogP contribution in [0.1, 0.15) is 49.4 Å². The predicted molar refractivity (Wildman–Crippen MR) is 187 cm³/mol. The van der Waals surface area contributed by atoms with Crippen LogP contribution in [0.5, 0.6) is 5.75 Å². The fourth-order valence-electron chi connectivity index (χ4n) is 5.24. The van der Waals surface area contributed by atoms with E-state index in [-0.39, 0.29) is 29.8 Å². The van der Waals surface area contributed by atoms with Gasteiger partial charge in [-0.1, -0.05) is 84.8 Å². The Labute approximate surface area is 279 Å². The number of benzene rings is 4. The van der Waals surface area contributed by atoms with E-state index < -0.39 is 28.5 Å². The molecule has 4 rings (SSSR count). The SMILES string of the molecule is CCOc1ccc(S(=O)(=O)N(CC(=O)N(Cc2cccc(C)c2)[C@@H](Cc2ccccc2)C(=O)N[C@H](C)CC)c2ccc(C)cc2)cc1. The summed E-state index contributed by atoms with van der Waals surface area (Å²) in [5.41, 5.74) is 4.03. The molecule has 2 amide bonds. The summed E-state index contributed by atoms with van der Waals surface area (Å²) in [5, 5.41) is 3.07. The van der Waals surface area contributed by atoms with Crippen molar-refractivity contribution < 1.29 is 22.7 Å². The van der Waals surface area contributed by atoms with Crippen LogP contribution in [0.2, 0.25) is 0 Å². The number of carbonyl (C=O) groups is 2. The van der Waals surface area contributed by atoms with Gasteiger partial charge in [-0.15, -0.1) is 0 Å². The molecule has 0 radical (unpaired) electrons. The van der Waals surface area contributed by atoms with Crippen LogP contribution in [0.3, 0.4) is 0 Å². The number of nitrogens with one attached hydrogen (secondary N) is 1. The first kappa shape index (κ1) is 35.2. The molecule has 248 valence electrons. The van der Waals surface area contributed by atoms with Gasteiger partial charge >= 0.3 is 0 Å². The minimum Gasteiger partial charge on any atom is -0.494 e. The van der Waals surface area contributed by atoms with E-state index in [1.54, 1.807) is 24.3 Å². The maximum Gasteiger partial charge on any atom is 0.264 e. The van der Waals surface area contributed by atoms with Gasteiger partial charge in [-0.05, 0) is 81.6 Å². The van der Waals surface area contributed by atoms with Gasteiger partial charge in [0.15, 0.2) is 0 Å². The van der Waals surface area contributed by atoms with Gasteiger partial charge in [0.05, 0.1) is 17.2 Å². The quantitative estimate of drug-likeness (QED) is 0.159. The lowest BCUT2D eigenvalue weighted by atomic mass is 10.0. The highest BCUT2D eigenvalue weighted by Gasteiger charge is 2.35. The smallest absolute Gasteiger partial charge is 0.264 e. The van der Waals surface area contributed by atoms with Gasteiger partial charge in [0, 0.05) is 19.0 Å². The number of amides is 2. The lowest BCUT2D eigenvalue weighted by Gasteiger charge is -2.34. The second-order valence-corrected chi connectivity index (χ2v) is 13.6. The number of ether oxygens (including phenoxy) is 1. The maximum atomic E-state index is 14.6. The van der Waals surface area contributed by atoms with E-state index in [0.717, 1.165) is 33.0 Å². The number of hydrogen-bond acceptors (Lipinski definition) is 5. The number of nitrogens with zero attached hydrogens (tertiary/aromatic N) is 2. The van der Waals surface area contributed by atoms with E-state index in [2.05, 4.69) is 5.32 Å². The highest BCUT2D eigenvalue weighted by Crippen LogP contribution is 2.27. The summed E-state index contributed by atoms with van der Waals surface area (Å²) in [6.07, 6.45) is 0.980. The Bertz CT molecular complexity index is 1730. The summed E-state index contributed by atoms with van der Waals surface area (Å²) in [4.78, 5) is 30.1. The minimum atomic E-state index is -4.20. The molecule has 0 bridgehead atoms. The molecule has 1 N–H and O–H groups in total. The van der Waals surface area contributed by atoms with Crippen molar-refractivity contribution in [1.82, 2.24) is 10.2 Å². The molecule has 2 atom stereocenters. The Morgan fingerprint density at radius 2 is 1.47 bits per heavy atom. The topological polar surface area (TPSA) is 96.0 Å². The summed E-state index contributed by atoms with van der Waals surface area (Å²) in [7, 11) is -4.20. The van der Waals surface area contributed by atoms with Gasteiger partial charge in [-0.3, -0.25) is 13.9 Å². The van der Waals surface area contributed by atoms with Crippen molar-refractivity contribution in [3.8, 4) is 5.75 Å². The molecule has 0 saturated carbocycles. The highest BCUT2D eigenvalue weighted by molar-refractivity contribution is 7.92. The summed E-state index contributed by atoms with van der Waals surface area (Å²) in [6, 6.07) is 29.5. The number of carbonyl (C=O) groups excluding carboxylic acids is 2. The van der Waals surface area contributed by atoms with Crippen molar-refractivity contribution in [2.45, 2.75) is 71.0 Å². The summed E-state index contributed by atoms with van der Waals surface area (Å²) in [6.45, 7) is 9.70. The molecule has 0 aromatic heterocycles. The Morgan fingerprint density at radius 3 is 2.09 bits per heavy atom. The average molecular weight is 656 g/mol. The van der Waals surface area contributed by atoms with E-state index in [1.165, 1.54) is 17.0 Å². The molecule has 9 heteroatoms. The molecule has 0 fully saturated rings. The number of anilines is 1. The third kappa shape index (κ3) is 9.45. The molecule has 8 nitrogen and oxygen atoms in total. The van der Waals surface area contributed by atoms with Gasteiger partial charge < -0.3 is 15.0 Å². The minimum absolute atomic E-state index is 0.0231. The van der Waals surface area contributed by atoms with Gasteiger partial charge in [-0.25, -0.2) is 8.42 Å². The fourth-order valence-corrected chi connectivity index (χ4v) is 6.66. The van der Waals surface area contributed by atoms with E-state index in [9.17, 15) is 18.0 Å². The number of sulfonamides is 1. The molecule has 4 aromatic carbocycles. The van der Waals surface area contributed by atoms with Crippen LogP contribution in [-0.2, 0) is 32.6 Å². The maximum absolute atomic E-state index is 14.6. The first-order chi connectivity index (χ1) is 22.5. The molecule has 47 heavy (non-hydrogen) atoms. The summed E-state index contributed by atoms with van der Waals surface area (Å²) < 4.78 is 35.2. The second kappa shape index (κ2) is 16.3. The largest absolute Gasteiger partial charge is 0.494 e. The van der Waals surface area contributed by atoms with Crippen LogP contribution in [0.15, 0.2) is 108 Å². The van der Waals surface area contributed by atoms with Gasteiger partial charge in [-0.2, -0.15) is 0 Å². The second-order valence-electron chi connectivity index (χ2n) is 11.8. The van der Waals surface area contributed by atoms with Crippen LogP contribution in [0.25, 0.3) is 0 Å². The van der Waals surface area contributed by atoms with Crippen molar-refractivity contribution in [2.24, 2.45) is 0 Å². The zero-order valence-corrected chi connectivity index (χ0v) is 28.7. The normalized spacial score (nSPS) is 12.5. The molecule has 0 aliphatic carbocycles. The molecule has 0 aliphatic rings. The van der Waals surface area contributed by atoms with E-state index in [4.69, 9.17) is 4.74 Å². The molecule has 0 heterocycles. The van der Waals surface area contributed by atoms with Crippen molar-refractivity contribution in [2.75, 3.05) is 17.5 Å². The number of rotatable bonds is 15. The molecular weight excluding hydrogens is 611 g/mol. The van der Waals surface area contributed by atoms with Crippen LogP contribution < -0.4 is 14.4 Å². The number of aryl methyl sites for hydroxylation is 2. The first-order valence-electron chi connectivity index (χ1n) is 16.0. The first-order valence-corrected chi connectivity index (χ1v) is 17.5. The molecule has 4 aromatic rings. The third-order valence-electron chi connectivity index (χ3n) is 8.03. The lowest BCUT2D eigenvalue weighted by molar-refractivity contribution is -0.140. The van der Waals surface area contributed by atoms with E-state index >= 15 is 0 Å². The average Bonchev–Trinajstić information content (AvgIpc) is 3.06. The lowest BCUT2D eigenvalue weighted by Crippen LogP contribution is -2.54. The van der Waals surface area contributed by atoms with Crippen LogP contribution in [-0.4, -0.2) is 50.4 Å². The zero-order valence-electron chi connectivity index (χ0n) is 27.8. The van der Waals surface area contributed by atoms with E-state index in [0.29, 0.717) is 18.0 Å². The molecule has 0 aliphatic heterocycles. The van der Waals surface area contributed by atoms with Crippen molar-refractivity contribution in [3.05, 3.63) is 125 Å². The Kier molecular flexibility index (Phi) is 12.2. The van der Waals surface area contributed by atoms with Gasteiger partial charge in [0.2, 0.25) is 11.8 Å². The third-order valence-corrected chi connectivity index (χ3v) is 9.82. The van der Waals surface area contributed by atoms with Crippen molar-refractivity contribution >= 4 is 27.5 Å².